The summed E-state index contributed by atoms with van der Waals surface area (Å²) in [5.74, 6) is -0.143. The van der Waals surface area contributed by atoms with Gasteiger partial charge < -0.3 is 0 Å². The second-order valence-electron chi connectivity index (χ2n) is 4.65. The molecule has 1 unspecified atom stereocenters. The molecule has 1 aromatic carbocycles. The van der Waals surface area contributed by atoms with Crippen molar-refractivity contribution in [3.63, 3.8) is 0 Å². The van der Waals surface area contributed by atoms with Crippen molar-refractivity contribution in [2.24, 2.45) is 5.92 Å². The minimum Gasteiger partial charge on any atom is -0.281 e. The summed E-state index contributed by atoms with van der Waals surface area (Å²) in [7, 11) is 0. The maximum Gasteiger partial charge on any atom is 0.225 e. The van der Waals surface area contributed by atoms with Gasteiger partial charge in [-0.1, -0.05) is 43.2 Å². The third kappa shape index (κ3) is 7.34. The number of carbonyl (C=O) groups is 2. The molecule has 0 aliphatic carbocycles. The second kappa shape index (κ2) is 9.11. The molecule has 4 heteroatoms. The summed E-state index contributed by atoms with van der Waals surface area (Å²) in [5.41, 5.74) is 1.12. The van der Waals surface area contributed by atoms with Crippen molar-refractivity contribution in [3.8, 4) is 0 Å². The van der Waals surface area contributed by atoms with E-state index < -0.39 is 0 Å². The van der Waals surface area contributed by atoms with Crippen LogP contribution in [-0.4, -0.2) is 10.5 Å². The predicted octanol–water partition coefficient (Wildman–Crippen LogP) is 4.33. The Labute approximate surface area is 124 Å². The molecule has 0 saturated carbocycles. The fourth-order valence-corrected chi connectivity index (χ4v) is 2.35. The molecule has 1 rings (SSSR count). The molecule has 1 atom stereocenters. The van der Waals surface area contributed by atoms with Crippen LogP contribution in [0.25, 0.3) is 0 Å². The Bertz CT molecular complexity index is 404. The van der Waals surface area contributed by atoms with Crippen LogP contribution in [0.2, 0.25) is 0 Å². The smallest absolute Gasteiger partial charge is 0.225 e. The molecule has 0 fully saturated rings. The molecule has 0 amide bonds. The van der Waals surface area contributed by atoms with Crippen molar-refractivity contribution in [2.75, 3.05) is 0 Å². The average Bonchev–Trinajstić information content (AvgIpc) is 2.37. The van der Waals surface area contributed by atoms with Gasteiger partial charge in [-0.15, -0.1) is 0 Å². The third-order valence-electron chi connectivity index (χ3n) is 3.07. The van der Waals surface area contributed by atoms with Crippen molar-refractivity contribution in [2.45, 2.75) is 38.5 Å². The third-order valence-corrected chi connectivity index (χ3v) is 3.57. The fraction of sp³-hybridized carbons (Fsp3) is 0.467. The van der Waals surface area contributed by atoms with Gasteiger partial charge in [0.05, 0.1) is 0 Å². The number of halogens is 2. The van der Waals surface area contributed by atoms with Crippen LogP contribution in [0.1, 0.15) is 37.7 Å². The van der Waals surface area contributed by atoms with Crippen molar-refractivity contribution >= 4 is 33.7 Å². The lowest BCUT2D eigenvalue weighted by Crippen LogP contribution is -2.12. The summed E-state index contributed by atoms with van der Waals surface area (Å²) in [4.78, 5) is 22.0. The first-order valence-corrected chi connectivity index (χ1v) is 7.27. The highest BCUT2D eigenvalue weighted by atomic mass is 35.5. The van der Waals surface area contributed by atoms with Crippen molar-refractivity contribution < 1.29 is 9.59 Å². The largest absolute Gasteiger partial charge is 0.281 e. The summed E-state index contributed by atoms with van der Waals surface area (Å²) >= 11 is 10.9. The predicted molar refractivity (Wildman–Crippen MR) is 78.4 cm³/mol. The lowest BCUT2D eigenvalue weighted by Gasteiger charge is -2.12. The molecule has 0 N–H and O–H groups in total. The first-order chi connectivity index (χ1) is 9.09. The SMILES string of the molecule is O=C(Cl)CCCCCC(Cc1ccccc1)C(=O)Cl. The normalized spacial score (nSPS) is 12.1. The van der Waals surface area contributed by atoms with Gasteiger partial charge in [0.1, 0.15) is 0 Å². The van der Waals surface area contributed by atoms with E-state index >= 15 is 0 Å². The van der Waals surface area contributed by atoms with Crippen molar-refractivity contribution in [1.29, 1.82) is 0 Å². The molecule has 2 nitrogen and oxygen atoms in total. The van der Waals surface area contributed by atoms with Gasteiger partial charge >= 0.3 is 0 Å². The van der Waals surface area contributed by atoms with Gasteiger partial charge in [0, 0.05) is 12.3 Å². The van der Waals surface area contributed by atoms with Crippen molar-refractivity contribution in [3.05, 3.63) is 35.9 Å². The van der Waals surface area contributed by atoms with Gasteiger partial charge in [-0.05, 0) is 48.0 Å². The minimum absolute atomic E-state index is 0.143. The number of hydrogen-bond acceptors (Lipinski definition) is 2. The topological polar surface area (TPSA) is 34.1 Å². The molecule has 104 valence electrons. The van der Waals surface area contributed by atoms with E-state index in [0.717, 1.165) is 31.2 Å². The molecule has 0 heterocycles. The number of unbranched alkanes of at least 4 members (excludes halogenated alkanes) is 2. The summed E-state index contributed by atoms with van der Waals surface area (Å²) in [6, 6.07) is 9.86. The average molecular weight is 301 g/mol. The number of carbonyl (C=O) groups excluding carboxylic acids is 2. The fourth-order valence-electron chi connectivity index (χ4n) is 2.03. The molecule has 0 radical (unpaired) electrons. The van der Waals surface area contributed by atoms with Gasteiger partial charge in [0.2, 0.25) is 10.5 Å². The molecule has 0 saturated heterocycles. The van der Waals surface area contributed by atoms with E-state index in [1.165, 1.54) is 0 Å². The highest BCUT2D eigenvalue weighted by Crippen LogP contribution is 2.19. The summed E-state index contributed by atoms with van der Waals surface area (Å²) in [6.07, 6.45) is 4.40. The number of rotatable bonds is 9. The Balaban J connectivity index is 2.33. The zero-order chi connectivity index (χ0) is 14.1. The molecule has 19 heavy (non-hydrogen) atoms. The van der Waals surface area contributed by atoms with Crippen LogP contribution in [0.3, 0.4) is 0 Å². The first-order valence-electron chi connectivity index (χ1n) is 6.51. The molecule has 0 aliphatic rings. The molecule has 0 spiro atoms. The number of hydrogen-bond donors (Lipinski definition) is 0. The highest BCUT2D eigenvalue weighted by molar-refractivity contribution is 6.64. The molecule has 0 aromatic heterocycles. The lowest BCUT2D eigenvalue weighted by molar-refractivity contribution is -0.115. The van der Waals surface area contributed by atoms with Crippen LogP contribution >= 0.6 is 23.2 Å². The van der Waals surface area contributed by atoms with Gasteiger partial charge in [-0.2, -0.15) is 0 Å². The van der Waals surface area contributed by atoms with Crippen LogP contribution in [0.15, 0.2) is 30.3 Å². The van der Waals surface area contributed by atoms with Crippen LogP contribution in [0.4, 0.5) is 0 Å². The van der Waals surface area contributed by atoms with Gasteiger partial charge in [-0.25, -0.2) is 0 Å². The quantitative estimate of drug-likeness (QED) is 0.502. The minimum atomic E-state index is -0.297. The van der Waals surface area contributed by atoms with E-state index in [-0.39, 0.29) is 16.4 Å². The standard InChI is InChI=1S/C15H18Cl2O2/c16-14(18)10-6-2-5-9-13(15(17)19)11-12-7-3-1-4-8-12/h1,3-4,7-8,13H,2,5-6,9-11H2. The van der Waals surface area contributed by atoms with E-state index in [4.69, 9.17) is 23.2 Å². The van der Waals surface area contributed by atoms with E-state index in [1.54, 1.807) is 0 Å². The number of benzene rings is 1. The molecular formula is C15H18Cl2O2. The molecular weight excluding hydrogens is 283 g/mol. The van der Waals surface area contributed by atoms with Crippen LogP contribution in [0, 0.1) is 5.92 Å². The Morgan fingerprint density at radius 1 is 1.00 bits per heavy atom. The molecule has 0 aliphatic heterocycles. The van der Waals surface area contributed by atoms with Gasteiger partial charge in [0.15, 0.2) is 0 Å². The summed E-state index contributed by atoms with van der Waals surface area (Å²) in [5, 5.41) is -0.577. The molecule has 1 aromatic rings. The second-order valence-corrected chi connectivity index (χ2v) is 5.44. The van der Waals surface area contributed by atoms with Crippen LogP contribution in [-0.2, 0) is 16.0 Å². The summed E-state index contributed by atoms with van der Waals surface area (Å²) < 4.78 is 0. The summed E-state index contributed by atoms with van der Waals surface area (Å²) in [6.45, 7) is 0. The van der Waals surface area contributed by atoms with Gasteiger partial charge in [0.25, 0.3) is 0 Å². The Morgan fingerprint density at radius 2 is 1.68 bits per heavy atom. The lowest BCUT2D eigenvalue weighted by atomic mass is 9.94. The Kier molecular flexibility index (Phi) is 7.76. The van der Waals surface area contributed by atoms with E-state index in [9.17, 15) is 9.59 Å². The van der Waals surface area contributed by atoms with E-state index in [1.807, 2.05) is 30.3 Å². The zero-order valence-corrected chi connectivity index (χ0v) is 12.3. The van der Waals surface area contributed by atoms with Crippen LogP contribution < -0.4 is 0 Å². The molecule has 0 bridgehead atoms. The Hall–Kier alpha value is -0.860. The highest BCUT2D eigenvalue weighted by Gasteiger charge is 2.16. The van der Waals surface area contributed by atoms with Crippen LogP contribution in [0.5, 0.6) is 0 Å². The maximum atomic E-state index is 11.4. The van der Waals surface area contributed by atoms with E-state index in [0.29, 0.717) is 12.8 Å². The first kappa shape index (κ1) is 16.2. The van der Waals surface area contributed by atoms with E-state index in [2.05, 4.69) is 0 Å². The maximum absolute atomic E-state index is 11.4. The van der Waals surface area contributed by atoms with Crippen molar-refractivity contribution in [1.82, 2.24) is 0 Å². The monoisotopic (exact) mass is 300 g/mol. The van der Waals surface area contributed by atoms with Gasteiger partial charge in [-0.3, -0.25) is 9.59 Å². The Morgan fingerprint density at radius 3 is 2.26 bits per heavy atom. The zero-order valence-electron chi connectivity index (χ0n) is 10.8.